The van der Waals surface area contributed by atoms with E-state index in [-0.39, 0.29) is 29.5 Å². The number of hydrogen-bond acceptors (Lipinski definition) is 4. The number of nitrogens with one attached hydrogen (secondary N) is 1. The summed E-state index contributed by atoms with van der Waals surface area (Å²) < 4.78 is 44.4. The topological polar surface area (TPSA) is 72.7 Å². The number of amides is 1. The van der Waals surface area contributed by atoms with Gasteiger partial charge in [-0.1, -0.05) is 11.6 Å². The highest BCUT2D eigenvalue weighted by Gasteiger charge is 2.46. The van der Waals surface area contributed by atoms with Gasteiger partial charge in [-0.2, -0.15) is 13.9 Å². The Balaban J connectivity index is 1.86. The third-order valence-electron chi connectivity index (χ3n) is 4.31. The molecule has 3 aromatic rings. The van der Waals surface area contributed by atoms with E-state index in [4.69, 9.17) is 11.6 Å². The van der Waals surface area contributed by atoms with Crippen LogP contribution in [0, 0.1) is 19.7 Å². The van der Waals surface area contributed by atoms with Crippen molar-refractivity contribution in [1.82, 2.24) is 25.1 Å². The molecule has 0 bridgehead atoms. The quantitative estimate of drug-likeness (QED) is 0.628. The van der Waals surface area contributed by atoms with E-state index in [1.54, 1.807) is 32.9 Å². The van der Waals surface area contributed by atoms with E-state index in [1.807, 2.05) is 0 Å². The Labute approximate surface area is 176 Å². The van der Waals surface area contributed by atoms with Crippen molar-refractivity contribution < 1.29 is 18.0 Å². The van der Waals surface area contributed by atoms with Crippen molar-refractivity contribution in [3.63, 3.8) is 0 Å². The van der Waals surface area contributed by atoms with Gasteiger partial charge in [-0.05, 0) is 56.7 Å². The van der Waals surface area contributed by atoms with Crippen molar-refractivity contribution in [3.05, 3.63) is 63.9 Å². The van der Waals surface area contributed by atoms with Crippen LogP contribution in [-0.4, -0.2) is 25.7 Å². The van der Waals surface area contributed by atoms with Crippen molar-refractivity contribution >= 4 is 17.5 Å². The fourth-order valence-electron chi connectivity index (χ4n) is 2.97. The molecule has 1 aromatic carbocycles. The first kappa shape index (κ1) is 21.8. The van der Waals surface area contributed by atoms with Gasteiger partial charge in [0.05, 0.1) is 5.02 Å². The molecule has 158 valence electrons. The molecule has 0 aliphatic carbocycles. The summed E-state index contributed by atoms with van der Waals surface area (Å²) in [4.78, 5) is 20.3. The van der Waals surface area contributed by atoms with Gasteiger partial charge in [-0.25, -0.2) is 14.1 Å². The minimum Gasteiger partial charge on any atom is -0.346 e. The fraction of sp³-hybridized carbons (Fsp3) is 0.300. The maximum atomic E-state index is 14.9. The number of benzene rings is 1. The lowest BCUT2D eigenvalue weighted by Gasteiger charge is -2.16. The first-order valence-corrected chi connectivity index (χ1v) is 9.50. The summed E-state index contributed by atoms with van der Waals surface area (Å²) >= 11 is 5.65. The van der Waals surface area contributed by atoms with E-state index in [2.05, 4.69) is 20.4 Å². The molecule has 0 radical (unpaired) electrons. The lowest BCUT2D eigenvalue weighted by atomic mass is 10.2. The van der Waals surface area contributed by atoms with Gasteiger partial charge in [0.15, 0.2) is 5.82 Å². The average molecular weight is 438 g/mol. The molecule has 6 nitrogen and oxygen atoms in total. The molecule has 0 unspecified atom stereocenters. The number of aromatic nitrogens is 4. The molecular formula is C20H19ClF3N5O. The first-order chi connectivity index (χ1) is 14.1. The third kappa shape index (κ3) is 4.46. The van der Waals surface area contributed by atoms with Crippen LogP contribution >= 0.6 is 11.6 Å². The SMILES string of the molecule is CCn1nc(-c2ccc(Cl)c(F)c2)nc1C(F)(F)C(=O)NCc1cc(C)nc(C)c1. The Kier molecular flexibility index (Phi) is 6.12. The smallest absolute Gasteiger partial charge is 0.346 e. The van der Waals surface area contributed by atoms with Gasteiger partial charge >= 0.3 is 5.92 Å². The van der Waals surface area contributed by atoms with Gasteiger partial charge in [0.1, 0.15) is 5.82 Å². The lowest BCUT2D eigenvalue weighted by molar-refractivity contribution is -0.148. The standard InChI is InChI=1S/C20H19ClF3N5O/c1-4-29-18(27-17(28-29)14-5-6-15(21)16(22)9-14)20(23,24)19(30)25-10-13-7-11(2)26-12(3)8-13/h5-9H,4,10H2,1-3H3,(H,25,30). The van der Waals surface area contributed by atoms with Gasteiger partial charge in [0.2, 0.25) is 5.82 Å². The Morgan fingerprint density at radius 2 is 1.83 bits per heavy atom. The lowest BCUT2D eigenvalue weighted by Crippen LogP contribution is -2.39. The van der Waals surface area contributed by atoms with Crippen LogP contribution in [0.25, 0.3) is 11.4 Å². The monoisotopic (exact) mass is 437 g/mol. The zero-order valence-electron chi connectivity index (χ0n) is 16.5. The molecule has 0 saturated heterocycles. The van der Waals surface area contributed by atoms with Gasteiger partial charge < -0.3 is 5.32 Å². The zero-order chi connectivity index (χ0) is 22.1. The van der Waals surface area contributed by atoms with Crippen LogP contribution in [-0.2, 0) is 23.8 Å². The number of carbonyl (C=O) groups is 1. The summed E-state index contributed by atoms with van der Waals surface area (Å²) in [7, 11) is 0. The third-order valence-corrected chi connectivity index (χ3v) is 4.62. The van der Waals surface area contributed by atoms with Crippen molar-refractivity contribution in [1.29, 1.82) is 0 Å². The predicted molar refractivity (Wildman–Crippen MR) is 106 cm³/mol. The minimum absolute atomic E-state index is 0.0457. The number of hydrogen-bond donors (Lipinski definition) is 1. The van der Waals surface area contributed by atoms with Crippen LogP contribution in [0.5, 0.6) is 0 Å². The molecule has 0 aliphatic heterocycles. The summed E-state index contributed by atoms with van der Waals surface area (Å²) in [5.74, 6) is -7.13. The molecule has 10 heteroatoms. The second-order valence-electron chi connectivity index (χ2n) is 6.72. The summed E-state index contributed by atoms with van der Waals surface area (Å²) in [6.45, 7) is 5.09. The van der Waals surface area contributed by atoms with Crippen molar-refractivity contribution in [3.8, 4) is 11.4 Å². The molecule has 1 amide bonds. The van der Waals surface area contributed by atoms with Crippen molar-refractivity contribution in [2.45, 2.75) is 39.8 Å². The van der Waals surface area contributed by atoms with Gasteiger partial charge in [-0.15, -0.1) is 0 Å². The summed E-state index contributed by atoms with van der Waals surface area (Å²) in [5.41, 5.74) is 2.26. The number of nitrogens with zero attached hydrogens (tertiary/aromatic N) is 4. The number of pyridine rings is 1. The Hall–Kier alpha value is -2.94. The van der Waals surface area contributed by atoms with Crippen LogP contribution in [0.3, 0.4) is 0 Å². The molecule has 3 rings (SSSR count). The summed E-state index contributed by atoms with van der Waals surface area (Å²) in [6.07, 6.45) is 0. The molecule has 0 atom stereocenters. The van der Waals surface area contributed by atoms with Crippen molar-refractivity contribution in [2.24, 2.45) is 0 Å². The van der Waals surface area contributed by atoms with Crippen LogP contribution in [0.2, 0.25) is 5.02 Å². The van der Waals surface area contributed by atoms with Crippen LogP contribution in [0.1, 0.15) is 29.7 Å². The van der Waals surface area contributed by atoms with Crippen LogP contribution in [0.4, 0.5) is 13.2 Å². The summed E-state index contributed by atoms with van der Waals surface area (Å²) in [6, 6.07) is 7.15. The Morgan fingerprint density at radius 1 is 1.17 bits per heavy atom. The van der Waals surface area contributed by atoms with Gasteiger partial charge in [0, 0.05) is 30.0 Å². The van der Waals surface area contributed by atoms with Crippen LogP contribution < -0.4 is 5.32 Å². The highest BCUT2D eigenvalue weighted by atomic mass is 35.5. The maximum Gasteiger partial charge on any atom is 0.382 e. The number of rotatable bonds is 6. The molecule has 1 N–H and O–H groups in total. The number of halogens is 4. The molecule has 0 fully saturated rings. The summed E-state index contributed by atoms with van der Waals surface area (Å²) in [5, 5.41) is 6.11. The van der Waals surface area contributed by atoms with Crippen LogP contribution in [0.15, 0.2) is 30.3 Å². The van der Waals surface area contributed by atoms with Crippen molar-refractivity contribution in [2.75, 3.05) is 0 Å². The van der Waals surface area contributed by atoms with E-state index in [9.17, 15) is 18.0 Å². The van der Waals surface area contributed by atoms with E-state index in [0.29, 0.717) is 5.56 Å². The largest absolute Gasteiger partial charge is 0.382 e. The minimum atomic E-state index is -3.94. The van der Waals surface area contributed by atoms with Gasteiger partial charge in [0.25, 0.3) is 5.91 Å². The van der Waals surface area contributed by atoms with E-state index in [0.717, 1.165) is 22.1 Å². The fourth-order valence-corrected chi connectivity index (χ4v) is 3.09. The molecular weight excluding hydrogens is 419 g/mol. The molecule has 2 heterocycles. The highest BCUT2D eigenvalue weighted by Crippen LogP contribution is 2.30. The second kappa shape index (κ2) is 8.43. The van der Waals surface area contributed by atoms with E-state index >= 15 is 0 Å². The Bertz CT molecular complexity index is 1080. The second-order valence-corrected chi connectivity index (χ2v) is 7.13. The van der Waals surface area contributed by atoms with Gasteiger partial charge in [-0.3, -0.25) is 9.78 Å². The number of alkyl halides is 2. The average Bonchev–Trinajstić information content (AvgIpc) is 3.12. The predicted octanol–water partition coefficient (Wildman–Crippen LogP) is 4.18. The number of aryl methyl sites for hydroxylation is 3. The molecule has 30 heavy (non-hydrogen) atoms. The van der Waals surface area contributed by atoms with E-state index < -0.39 is 23.5 Å². The molecule has 0 aliphatic rings. The number of carbonyl (C=O) groups excluding carboxylic acids is 1. The molecule has 0 spiro atoms. The van der Waals surface area contributed by atoms with E-state index in [1.165, 1.54) is 12.1 Å². The maximum absolute atomic E-state index is 14.9. The highest BCUT2D eigenvalue weighted by molar-refractivity contribution is 6.30. The Morgan fingerprint density at radius 3 is 2.43 bits per heavy atom. The molecule has 2 aromatic heterocycles. The molecule has 0 saturated carbocycles. The normalized spacial score (nSPS) is 11.6. The first-order valence-electron chi connectivity index (χ1n) is 9.12. The zero-order valence-corrected chi connectivity index (χ0v) is 17.3.